The van der Waals surface area contributed by atoms with E-state index in [1.54, 1.807) is 0 Å². The average molecular weight is 331 g/mol. The third kappa shape index (κ3) is 5.25. The maximum Gasteiger partial charge on any atom is 0.237 e. The van der Waals surface area contributed by atoms with Crippen LogP contribution in [0.4, 0.5) is 5.69 Å². The largest absolute Gasteiger partial charge is 0.494 e. The Morgan fingerprint density at radius 3 is 2.57 bits per heavy atom. The summed E-state index contributed by atoms with van der Waals surface area (Å²) in [5.74, 6) is 1.44. The highest BCUT2D eigenvalue weighted by Crippen LogP contribution is 2.23. The number of carbonyl (C=O) groups excluding carboxylic acids is 1. The normalized spacial score (nSPS) is 11.8. The van der Waals surface area contributed by atoms with Gasteiger partial charge in [0.05, 0.1) is 11.9 Å². The molecule has 1 N–H and O–H groups in total. The van der Waals surface area contributed by atoms with E-state index in [0.717, 1.165) is 22.2 Å². The Balaban J connectivity index is 1.96. The number of hydrogen-bond acceptors (Lipinski definition) is 5. The lowest BCUT2D eigenvalue weighted by Crippen LogP contribution is -2.22. The van der Waals surface area contributed by atoms with Crippen LogP contribution in [0.5, 0.6) is 5.75 Å². The first-order valence-electron chi connectivity index (χ1n) is 7.50. The van der Waals surface area contributed by atoms with Crippen molar-refractivity contribution < 1.29 is 9.53 Å². The fourth-order valence-corrected chi connectivity index (χ4v) is 2.97. The van der Waals surface area contributed by atoms with E-state index in [1.807, 2.05) is 58.0 Å². The number of thioether (sulfide) groups is 1. The van der Waals surface area contributed by atoms with E-state index in [1.165, 1.54) is 11.8 Å². The molecule has 0 aliphatic heterocycles. The molecule has 1 aromatic heterocycles. The van der Waals surface area contributed by atoms with Gasteiger partial charge in [-0.1, -0.05) is 11.8 Å². The maximum absolute atomic E-state index is 12.3. The van der Waals surface area contributed by atoms with Gasteiger partial charge in [-0.3, -0.25) is 4.79 Å². The summed E-state index contributed by atoms with van der Waals surface area (Å²) in [6.45, 7) is 8.19. The van der Waals surface area contributed by atoms with Gasteiger partial charge in [-0.15, -0.1) is 0 Å². The molecule has 0 aliphatic rings. The van der Waals surface area contributed by atoms with Crippen LogP contribution >= 0.6 is 11.8 Å². The zero-order valence-corrected chi connectivity index (χ0v) is 14.6. The molecule has 0 fully saturated rings. The first kappa shape index (κ1) is 17.3. The number of aryl methyl sites for hydroxylation is 2. The Bertz CT molecular complexity index is 654. The van der Waals surface area contributed by atoms with Gasteiger partial charge in [0.25, 0.3) is 0 Å². The van der Waals surface area contributed by atoms with Crippen LogP contribution in [-0.4, -0.2) is 27.7 Å². The van der Waals surface area contributed by atoms with Crippen LogP contribution < -0.4 is 10.1 Å². The van der Waals surface area contributed by atoms with Crippen molar-refractivity contribution in [3.63, 3.8) is 0 Å². The third-order valence-electron chi connectivity index (χ3n) is 3.04. The Labute approximate surface area is 140 Å². The molecule has 1 heterocycles. The zero-order valence-electron chi connectivity index (χ0n) is 13.8. The standard InChI is InChI=1S/C17H21N3O2S/c1-5-22-15-8-6-14(7-9-15)20-17(21)12(3)23-16-10-11(2)18-13(4)19-16/h6-10,12H,5H2,1-4H3,(H,20,21)/t12-/m0/s1. The Kier molecular flexibility index (Phi) is 5.98. The maximum atomic E-state index is 12.3. The molecule has 122 valence electrons. The molecule has 0 bridgehead atoms. The molecular weight excluding hydrogens is 310 g/mol. The molecule has 2 rings (SSSR count). The SMILES string of the molecule is CCOc1ccc(NC(=O)[C@H](C)Sc2cc(C)nc(C)n2)cc1. The van der Waals surface area contributed by atoms with Crippen molar-refractivity contribution in [2.24, 2.45) is 0 Å². The molecule has 5 nitrogen and oxygen atoms in total. The molecule has 1 atom stereocenters. The van der Waals surface area contributed by atoms with Gasteiger partial charge >= 0.3 is 0 Å². The summed E-state index contributed by atoms with van der Waals surface area (Å²) in [6, 6.07) is 9.24. The summed E-state index contributed by atoms with van der Waals surface area (Å²) in [4.78, 5) is 20.9. The first-order chi connectivity index (χ1) is 11.0. The van der Waals surface area contributed by atoms with Crippen molar-refractivity contribution in [1.29, 1.82) is 0 Å². The van der Waals surface area contributed by atoms with E-state index in [2.05, 4.69) is 15.3 Å². The van der Waals surface area contributed by atoms with Crippen molar-refractivity contribution in [2.75, 3.05) is 11.9 Å². The van der Waals surface area contributed by atoms with Crippen molar-refractivity contribution in [3.05, 3.63) is 41.9 Å². The second-order valence-corrected chi connectivity index (χ2v) is 6.46. The van der Waals surface area contributed by atoms with E-state index in [0.29, 0.717) is 12.4 Å². The van der Waals surface area contributed by atoms with Crippen LogP contribution in [0.2, 0.25) is 0 Å². The molecule has 0 saturated carbocycles. The lowest BCUT2D eigenvalue weighted by atomic mass is 10.3. The van der Waals surface area contributed by atoms with Gasteiger partial charge in [-0.05, 0) is 58.0 Å². The predicted molar refractivity (Wildman–Crippen MR) is 93.1 cm³/mol. The highest BCUT2D eigenvalue weighted by molar-refractivity contribution is 8.00. The highest BCUT2D eigenvalue weighted by Gasteiger charge is 2.16. The predicted octanol–water partition coefficient (Wildman–Crippen LogP) is 3.61. The fraction of sp³-hybridized carbons (Fsp3) is 0.353. The van der Waals surface area contributed by atoms with Gasteiger partial charge in [-0.2, -0.15) is 0 Å². The van der Waals surface area contributed by atoms with E-state index in [-0.39, 0.29) is 11.2 Å². The van der Waals surface area contributed by atoms with E-state index < -0.39 is 0 Å². The van der Waals surface area contributed by atoms with Crippen LogP contribution in [0, 0.1) is 13.8 Å². The molecule has 0 radical (unpaired) electrons. The number of nitrogens with one attached hydrogen (secondary N) is 1. The number of aromatic nitrogens is 2. The molecule has 0 unspecified atom stereocenters. The van der Waals surface area contributed by atoms with Gasteiger partial charge in [0.2, 0.25) is 5.91 Å². The van der Waals surface area contributed by atoms with Crippen LogP contribution in [0.1, 0.15) is 25.4 Å². The molecular formula is C17H21N3O2S. The number of rotatable bonds is 6. The van der Waals surface area contributed by atoms with Crippen molar-refractivity contribution in [1.82, 2.24) is 9.97 Å². The summed E-state index contributed by atoms with van der Waals surface area (Å²) in [7, 11) is 0. The Hall–Kier alpha value is -2.08. The van der Waals surface area contributed by atoms with Crippen LogP contribution in [0.15, 0.2) is 35.4 Å². The number of benzene rings is 1. The van der Waals surface area contributed by atoms with Crippen LogP contribution in [0.25, 0.3) is 0 Å². The Morgan fingerprint density at radius 2 is 1.96 bits per heavy atom. The van der Waals surface area contributed by atoms with E-state index in [4.69, 9.17) is 4.74 Å². The number of amides is 1. The molecule has 23 heavy (non-hydrogen) atoms. The molecule has 1 amide bonds. The number of nitrogens with zero attached hydrogens (tertiary/aromatic N) is 2. The van der Waals surface area contributed by atoms with Gasteiger partial charge in [-0.25, -0.2) is 9.97 Å². The second kappa shape index (κ2) is 7.97. The number of carbonyl (C=O) groups is 1. The summed E-state index contributed by atoms with van der Waals surface area (Å²) in [5, 5.41) is 3.46. The van der Waals surface area contributed by atoms with Crippen LogP contribution in [-0.2, 0) is 4.79 Å². The molecule has 6 heteroatoms. The quantitative estimate of drug-likeness (QED) is 0.647. The molecule has 0 saturated heterocycles. The summed E-state index contributed by atoms with van der Waals surface area (Å²) >= 11 is 1.42. The molecule has 2 aromatic rings. The third-order valence-corrected chi connectivity index (χ3v) is 4.06. The van der Waals surface area contributed by atoms with Crippen LogP contribution in [0.3, 0.4) is 0 Å². The highest BCUT2D eigenvalue weighted by atomic mass is 32.2. The summed E-state index contributed by atoms with van der Waals surface area (Å²) in [5.41, 5.74) is 1.65. The smallest absolute Gasteiger partial charge is 0.237 e. The number of hydrogen-bond donors (Lipinski definition) is 1. The molecule has 0 aliphatic carbocycles. The summed E-state index contributed by atoms with van der Waals surface area (Å²) < 4.78 is 5.38. The minimum atomic E-state index is -0.254. The summed E-state index contributed by atoms with van der Waals surface area (Å²) in [6.07, 6.45) is 0. The van der Waals surface area contributed by atoms with Crippen molar-refractivity contribution in [2.45, 2.75) is 38.0 Å². The van der Waals surface area contributed by atoms with E-state index in [9.17, 15) is 4.79 Å². The average Bonchev–Trinajstić information content (AvgIpc) is 2.48. The van der Waals surface area contributed by atoms with Gasteiger partial charge < -0.3 is 10.1 Å². The monoisotopic (exact) mass is 331 g/mol. The number of ether oxygens (including phenoxy) is 1. The minimum absolute atomic E-state index is 0.0620. The molecule has 1 aromatic carbocycles. The van der Waals surface area contributed by atoms with Crippen molar-refractivity contribution in [3.8, 4) is 5.75 Å². The fourth-order valence-electron chi connectivity index (χ4n) is 2.02. The van der Waals surface area contributed by atoms with Crippen molar-refractivity contribution >= 4 is 23.4 Å². The topological polar surface area (TPSA) is 64.1 Å². The van der Waals surface area contributed by atoms with Gasteiger partial charge in [0.1, 0.15) is 16.6 Å². The van der Waals surface area contributed by atoms with E-state index >= 15 is 0 Å². The zero-order chi connectivity index (χ0) is 16.8. The molecule has 0 spiro atoms. The minimum Gasteiger partial charge on any atom is -0.494 e. The van der Waals surface area contributed by atoms with Gasteiger partial charge in [0, 0.05) is 11.4 Å². The first-order valence-corrected chi connectivity index (χ1v) is 8.38. The van der Waals surface area contributed by atoms with Gasteiger partial charge in [0.15, 0.2) is 0 Å². The lowest BCUT2D eigenvalue weighted by molar-refractivity contribution is -0.115. The lowest BCUT2D eigenvalue weighted by Gasteiger charge is -2.12. The number of anilines is 1. The second-order valence-electron chi connectivity index (χ2n) is 5.10. The Morgan fingerprint density at radius 1 is 1.26 bits per heavy atom.